The summed E-state index contributed by atoms with van der Waals surface area (Å²) >= 11 is 8.22. The molecule has 3 heteroatoms. The molecule has 0 amide bonds. The second kappa shape index (κ2) is 10.1. The molecule has 0 saturated heterocycles. The van der Waals surface area contributed by atoms with Crippen molar-refractivity contribution in [2.75, 3.05) is 0 Å². The summed E-state index contributed by atoms with van der Waals surface area (Å²) in [6.07, 6.45) is 0.688. The Morgan fingerprint density at radius 1 is 0.486 bits per heavy atom. The molecule has 5 aromatic carbocycles. The van der Waals surface area contributed by atoms with Crippen LogP contribution in [0.5, 0.6) is 5.75 Å². The number of rotatable bonds is 8. The molecule has 0 aromatic heterocycles. The Morgan fingerprint density at radius 3 is 1.40 bits per heavy atom. The van der Waals surface area contributed by atoms with E-state index < -0.39 is 5.96 Å². The van der Waals surface area contributed by atoms with Crippen LogP contribution in [0.15, 0.2) is 146 Å². The van der Waals surface area contributed by atoms with Gasteiger partial charge in [-0.05, 0) is 0 Å². The van der Waals surface area contributed by atoms with E-state index >= 15 is 0 Å². The van der Waals surface area contributed by atoms with Crippen molar-refractivity contribution in [2.45, 2.75) is 12.8 Å². The molecule has 0 radical (unpaired) electrons. The standard InChI is InChI=1S/C32H28ClOP/c33-35(30-18-7-2-8-19-30,31-20-9-3-10-21-31,32-22-11-4-12-23-32)26-28-16-13-17-29(24-28)34-25-27-14-5-1-6-15-27/h1-24H,25-26H2. The summed E-state index contributed by atoms with van der Waals surface area (Å²) in [5.74, 6) is -2.53. The third kappa shape index (κ3) is 4.63. The van der Waals surface area contributed by atoms with E-state index in [1.165, 1.54) is 0 Å². The van der Waals surface area contributed by atoms with Crippen LogP contribution in [0.4, 0.5) is 0 Å². The van der Waals surface area contributed by atoms with E-state index in [2.05, 4.69) is 121 Å². The van der Waals surface area contributed by atoms with E-state index in [1.807, 2.05) is 24.3 Å². The van der Waals surface area contributed by atoms with Gasteiger partial charge in [0.15, 0.2) is 0 Å². The Labute approximate surface area is 212 Å². The predicted molar refractivity (Wildman–Crippen MR) is 152 cm³/mol. The third-order valence-electron chi connectivity index (χ3n) is 6.51. The zero-order chi connectivity index (χ0) is 24.0. The molecule has 0 atom stereocenters. The fourth-order valence-corrected chi connectivity index (χ4v) is 10.9. The topological polar surface area (TPSA) is 9.23 Å². The fourth-order valence-electron chi connectivity index (χ4n) is 4.75. The van der Waals surface area contributed by atoms with Gasteiger partial charge in [0, 0.05) is 0 Å². The molecule has 0 aliphatic heterocycles. The van der Waals surface area contributed by atoms with Crippen molar-refractivity contribution >= 4 is 33.1 Å². The zero-order valence-corrected chi connectivity index (χ0v) is 21.2. The van der Waals surface area contributed by atoms with Crippen LogP contribution >= 0.6 is 17.2 Å². The van der Waals surface area contributed by atoms with Crippen molar-refractivity contribution in [1.82, 2.24) is 0 Å². The van der Waals surface area contributed by atoms with Gasteiger partial charge in [-0.2, -0.15) is 0 Å². The Balaban J connectivity index is 1.63. The van der Waals surface area contributed by atoms with Gasteiger partial charge < -0.3 is 0 Å². The summed E-state index contributed by atoms with van der Waals surface area (Å²) in [5, 5.41) is 3.48. The van der Waals surface area contributed by atoms with E-state index in [4.69, 9.17) is 16.0 Å². The number of hydrogen-bond acceptors (Lipinski definition) is 1. The molecule has 5 aromatic rings. The van der Waals surface area contributed by atoms with Gasteiger partial charge in [-0.25, -0.2) is 0 Å². The maximum absolute atomic E-state index is 8.22. The summed E-state index contributed by atoms with van der Waals surface area (Å²) in [7, 11) is 0. The van der Waals surface area contributed by atoms with Crippen molar-refractivity contribution in [1.29, 1.82) is 0 Å². The molecule has 0 spiro atoms. The Kier molecular flexibility index (Phi) is 6.73. The predicted octanol–water partition coefficient (Wildman–Crippen LogP) is 7.45. The molecule has 0 saturated carbocycles. The molecule has 5 rings (SSSR count). The first-order valence-electron chi connectivity index (χ1n) is 11.8. The monoisotopic (exact) mass is 494 g/mol. The van der Waals surface area contributed by atoms with Crippen LogP contribution in [0.3, 0.4) is 0 Å². The van der Waals surface area contributed by atoms with Crippen molar-refractivity contribution in [3.8, 4) is 5.75 Å². The zero-order valence-electron chi connectivity index (χ0n) is 19.5. The molecular formula is C32H28ClOP. The Bertz CT molecular complexity index is 1270. The first-order valence-corrected chi connectivity index (χ1v) is 15.1. The Hall–Kier alpha value is -3.38. The molecule has 0 unspecified atom stereocenters. The van der Waals surface area contributed by atoms with Crippen LogP contribution in [-0.2, 0) is 12.8 Å². The van der Waals surface area contributed by atoms with Crippen LogP contribution in [0.25, 0.3) is 0 Å². The molecule has 0 heterocycles. The van der Waals surface area contributed by atoms with Gasteiger partial charge in [0.1, 0.15) is 0 Å². The van der Waals surface area contributed by atoms with Gasteiger partial charge in [-0.1, -0.05) is 0 Å². The van der Waals surface area contributed by atoms with Gasteiger partial charge >= 0.3 is 213 Å². The number of ether oxygens (including phenoxy) is 1. The van der Waals surface area contributed by atoms with Crippen molar-refractivity contribution in [3.05, 3.63) is 157 Å². The van der Waals surface area contributed by atoms with E-state index in [1.54, 1.807) is 0 Å². The molecule has 0 N–H and O–H groups in total. The molecule has 0 aliphatic carbocycles. The SMILES string of the molecule is ClP(Cc1cccc(OCc2ccccc2)c1)(c1ccccc1)(c1ccccc1)c1ccccc1. The average molecular weight is 495 g/mol. The molecule has 1 nitrogen and oxygen atoms in total. The average Bonchev–Trinajstić information content (AvgIpc) is 2.94. The number of benzene rings is 5. The van der Waals surface area contributed by atoms with Crippen LogP contribution in [0, 0.1) is 0 Å². The molecular weight excluding hydrogens is 467 g/mol. The van der Waals surface area contributed by atoms with Gasteiger partial charge in [-0.3, -0.25) is 0 Å². The summed E-state index contributed by atoms with van der Waals surface area (Å²) < 4.78 is 6.17. The summed E-state index contributed by atoms with van der Waals surface area (Å²) in [5.41, 5.74) is 2.30. The minimum absolute atomic E-state index is 0.533. The first kappa shape index (κ1) is 23.4. The molecule has 174 valence electrons. The van der Waals surface area contributed by atoms with Crippen molar-refractivity contribution in [2.24, 2.45) is 0 Å². The molecule has 0 fully saturated rings. The van der Waals surface area contributed by atoms with Crippen LogP contribution < -0.4 is 20.7 Å². The van der Waals surface area contributed by atoms with E-state index in [0.717, 1.165) is 32.8 Å². The molecule has 0 bridgehead atoms. The van der Waals surface area contributed by atoms with E-state index in [0.29, 0.717) is 12.8 Å². The normalized spacial score (nSPS) is 12.4. The minimum atomic E-state index is -3.38. The molecule has 35 heavy (non-hydrogen) atoms. The van der Waals surface area contributed by atoms with Crippen LogP contribution in [0.2, 0.25) is 0 Å². The molecule has 0 aliphatic rings. The van der Waals surface area contributed by atoms with Crippen LogP contribution in [0.1, 0.15) is 11.1 Å². The van der Waals surface area contributed by atoms with Gasteiger partial charge in [0.2, 0.25) is 0 Å². The van der Waals surface area contributed by atoms with Crippen molar-refractivity contribution < 1.29 is 4.74 Å². The second-order valence-corrected chi connectivity index (χ2v) is 15.2. The summed E-state index contributed by atoms with van der Waals surface area (Å²) in [6.45, 7) is 0.533. The first-order chi connectivity index (χ1) is 17.2. The van der Waals surface area contributed by atoms with E-state index in [9.17, 15) is 0 Å². The van der Waals surface area contributed by atoms with Crippen molar-refractivity contribution in [3.63, 3.8) is 0 Å². The van der Waals surface area contributed by atoms with E-state index in [-0.39, 0.29) is 0 Å². The summed E-state index contributed by atoms with van der Waals surface area (Å²) in [4.78, 5) is 0. The second-order valence-electron chi connectivity index (χ2n) is 8.77. The van der Waals surface area contributed by atoms with Gasteiger partial charge in [-0.15, -0.1) is 0 Å². The maximum atomic E-state index is 8.22. The van der Waals surface area contributed by atoms with Crippen LogP contribution in [-0.4, -0.2) is 0 Å². The fraction of sp³-hybridized carbons (Fsp3) is 0.0625. The Morgan fingerprint density at radius 2 is 0.914 bits per heavy atom. The summed E-state index contributed by atoms with van der Waals surface area (Å²) in [6, 6.07) is 50.4. The number of hydrogen-bond donors (Lipinski definition) is 0. The van der Waals surface area contributed by atoms with Gasteiger partial charge in [0.05, 0.1) is 0 Å². The third-order valence-corrected chi connectivity index (χ3v) is 13.7. The van der Waals surface area contributed by atoms with Gasteiger partial charge in [0.25, 0.3) is 0 Å². The quantitative estimate of drug-likeness (QED) is 0.203. The number of halogens is 1.